The molecular formula is C20H25FO. The molecule has 2 heteroatoms. The van der Waals surface area contributed by atoms with Gasteiger partial charge in [-0.25, -0.2) is 4.39 Å². The van der Waals surface area contributed by atoms with E-state index in [1.165, 1.54) is 22.8 Å². The van der Waals surface area contributed by atoms with Crippen LogP contribution in [0.15, 0.2) is 30.3 Å². The summed E-state index contributed by atoms with van der Waals surface area (Å²) in [6.45, 7) is 10.7. The molecule has 0 aliphatic carbocycles. The molecule has 118 valence electrons. The average Bonchev–Trinajstić information content (AvgIpc) is 2.46. The first-order chi connectivity index (χ1) is 10.3. The highest BCUT2D eigenvalue weighted by Crippen LogP contribution is 2.37. The second-order valence-corrected chi connectivity index (χ2v) is 6.77. The second-order valence-electron chi connectivity index (χ2n) is 6.77. The van der Waals surface area contributed by atoms with Crippen molar-refractivity contribution in [1.82, 2.24) is 0 Å². The van der Waals surface area contributed by atoms with E-state index in [9.17, 15) is 4.39 Å². The molecule has 0 N–H and O–H groups in total. The van der Waals surface area contributed by atoms with Crippen LogP contribution in [0.25, 0.3) is 11.1 Å². The molecule has 0 saturated carbocycles. The van der Waals surface area contributed by atoms with Crippen molar-refractivity contribution in [2.45, 2.75) is 46.5 Å². The first-order valence-corrected chi connectivity index (χ1v) is 7.75. The predicted octanol–water partition coefficient (Wildman–Crippen LogP) is 5.67. The Balaban J connectivity index is 2.76. The molecule has 0 heterocycles. The van der Waals surface area contributed by atoms with Crippen LogP contribution in [-0.2, 0) is 11.8 Å². The molecular weight excluding hydrogens is 275 g/mol. The molecule has 0 amide bonds. The third kappa shape index (κ3) is 3.16. The molecule has 2 aromatic carbocycles. The molecule has 0 radical (unpaired) electrons. The highest BCUT2D eigenvalue weighted by atomic mass is 19.1. The van der Waals surface area contributed by atoms with E-state index in [1.807, 2.05) is 0 Å². The fourth-order valence-corrected chi connectivity index (χ4v) is 2.81. The van der Waals surface area contributed by atoms with Crippen LogP contribution in [0.3, 0.4) is 0 Å². The van der Waals surface area contributed by atoms with Gasteiger partial charge >= 0.3 is 0 Å². The first-order valence-electron chi connectivity index (χ1n) is 7.75. The van der Waals surface area contributed by atoms with E-state index in [2.05, 4.69) is 46.8 Å². The van der Waals surface area contributed by atoms with Gasteiger partial charge < -0.3 is 4.74 Å². The quantitative estimate of drug-likeness (QED) is 0.709. The third-order valence-electron chi connectivity index (χ3n) is 4.13. The molecule has 2 rings (SSSR count). The van der Waals surface area contributed by atoms with Crippen molar-refractivity contribution in [3.05, 3.63) is 52.8 Å². The van der Waals surface area contributed by atoms with Gasteiger partial charge in [0.25, 0.3) is 0 Å². The van der Waals surface area contributed by atoms with E-state index in [4.69, 9.17) is 4.74 Å². The van der Waals surface area contributed by atoms with Crippen molar-refractivity contribution in [2.24, 2.45) is 0 Å². The van der Waals surface area contributed by atoms with Gasteiger partial charge in [0, 0.05) is 5.56 Å². The second kappa shape index (κ2) is 6.12. The Morgan fingerprint density at radius 3 is 2.27 bits per heavy atom. The van der Waals surface area contributed by atoms with E-state index < -0.39 is 0 Å². The molecule has 0 aliphatic heterocycles. The van der Waals surface area contributed by atoms with Gasteiger partial charge in [0.1, 0.15) is 11.6 Å². The number of methoxy groups -OCH3 is 1. The summed E-state index contributed by atoms with van der Waals surface area (Å²) < 4.78 is 19.7. The minimum atomic E-state index is -0.213. The molecule has 0 spiro atoms. The highest BCUT2D eigenvalue weighted by molar-refractivity contribution is 5.72. The van der Waals surface area contributed by atoms with Crippen LogP contribution in [0.4, 0.5) is 4.39 Å². The fourth-order valence-electron chi connectivity index (χ4n) is 2.81. The number of hydrogen-bond acceptors (Lipinski definition) is 1. The predicted molar refractivity (Wildman–Crippen MR) is 91.2 cm³/mol. The lowest BCUT2D eigenvalue weighted by molar-refractivity contribution is 0.414. The Morgan fingerprint density at radius 2 is 1.73 bits per heavy atom. The van der Waals surface area contributed by atoms with Gasteiger partial charge in [-0.1, -0.05) is 39.8 Å². The van der Waals surface area contributed by atoms with Crippen LogP contribution in [0.1, 0.15) is 44.4 Å². The molecule has 2 aromatic rings. The zero-order valence-electron chi connectivity index (χ0n) is 14.4. The number of benzene rings is 2. The van der Waals surface area contributed by atoms with Gasteiger partial charge in [0.15, 0.2) is 0 Å². The Kier molecular flexibility index (Phi) is 4.60. The maximum absolute atomic E-state index is 14.4. The van der Waals surface area contributed by atoms with Gasteiger partial charge in [0.05, 0.1) is 7.11 Å². The zero-order chi connectivity index (χ0) is 16.5. The summed E-state index contributed by atoms with van der Waals surface area (Å²) in [6.07, 6.45) is 0.982. The van der Waals surface area contributed by atoms with E-state index in [-0.39, 0.29) is 11.2 Å². The lowest BCUT2D eigenvalue weighted by Crippen LogP contribution is -2.14. The van der Waals surface area contributed by atoms with Crippen LogP contribution in [0.2, 0.25) is 0 Å². The van der Waals surface area contributed by atoms with Gasteiger partial charge in [-0.2, -0.15) is 0 Å². The van der Waals surface area contributed by atoms with Crippen molar-refractivity contribution >= 4 is 0 Å². The molecule has 0 aliphatic rings. The lowest BCUT2D eigenvalue weighted by atomic mass is 9.79. The van der Waals surface area contributed by atoms with Crippen LogP contribution in [-0.4, -0.2) is 7.11 Å². The molecule has 0 aromatic heterocycles. The van der Waals surface area contributed by atoms with Crippen LogP contribution in [0, 0.1) is 12.7 Å². The zero-order valence-corrected chi connectivity index (χ0v) is 14.4. The Hall–Kier alpha value is -1.83. The maximum atomic E-state index is 14.4. The van der Waals surface area contributed by atoms with Gasteiger partial charge in [0.2, 0.25) is 0 Å². The summed E-state index contributed by atoms with van der Waals surface area (Å²) in [5, 5.41) is 0. The number of hydrogen-bond donors (Lipinski definition) is 0. The Morgan fingerprint density at radius 1 is 1.05 bits per heavy atom. The molecule has 0 saturated heterocycles. The van der Waals surface area contributed by atoms with Gasteiger partial charge in [-0.05, 0) is 59.2 Å². The van der Waals surface area contributed by atoms with Crippen molar-refractivity contribution in [3.8, 4) is 16.9 Å². The number of aryl methyl sites for hydroxylation is 2. The lowest BCUT2D eigenvalue weighted by Gasteiger charge is -2.25. The summed E-state index contributed by atoms with van der Waals surface area (Å²) in [5.41, 5.74) is 5.20. The van der Waals surface area contributed by atoms with Crippen molar-refractivity contribution in [2.75, 3.05) is 7.11 Å². The summed E-state index contributed by atoms with van der Waals surface area (Å²) in [7, 11) is 1.60. The molecule has 0 atom stereocenters. The van der Waals surface area contributed by atoms with Crippen LogP contribution < -0.4 is 4.74 Å². The summed E-state index contributed by atoms with van der Waals surface area (Å²) in [5.74, 6) is 0.462. The van der Waals surface area contributed by atoms with Crippen LogP contribution >= 0.6 is 0 Å². The Bertz CT molecular complexity index is 681. The monoisotopic (exact) mass is 300 g/mol. The van der Waals surface area contributed by atoms with Gasteiger partial charge in [-0.15, -0.1) is 0 Å². The van der Waals surface area contributed by atoms with Crippen LogP contribution in [0.5, 0.6) is 5.75 Å². The maximum Gasteiger partial charge on any atom is 0.131 e. The Labute approximate surface area is 133 Å². The highest BCUT2D eigenvalue weighted by Gasteiger charge is 2.22. The molecule has 1 nitrogen and oxygen atoms in total. The van der Waals surface area contributed by atoms with E-state index >= 15 is 0 Å². The molecule has 22 heavy (non-hydrogen) atoms. The number of halogens is 1. The van der Waals surface area contributed by atoms with E-state index in [1.54, 1.807) is 19.2 Å². The van der Waals surface area contributed by atoms with Crippen molar-refractivity contribution in [3.63, 3.8) is 0 Å². The molecule has 0 unspecified atom stereocenters. The SMILES string of the molecule is CCc1cc(C(C)(C)C)c(-c2cc(OC)ccc2F)cc1C. The molecule has 0 fully saturated rings. The number of ether oxygens (including phenoxy) is 1. The van der Waals surface area contributed by atoms with Crippen molar-refractivity contribution in [1.29, 1.82) is 0 Å². The largest absolute Gasteiger partial charge is 0.497 e. The summed E-state index contributed by atoms with van der Waals surface area (Å²) in [6, 6.07) is 9.25. The summed E-state index contributed by atoms with van der Waals surface area (Å²) in [4.78, 5) is 0. The smallest absolute Gasteiger partial charge is 0.131 e. The normalized spacial score (nSPS) is 11.6. The first kappa shape index (κ1) is 16.5. The van der Waals surface area contributed by atoms with E-state index in [0.717, 1.165) is 12.0 Å². The topological polar surface area (TPSA) is 9.23 Å². The minimum Gasteiger partial charge on any atom is -0.497 e. The number of rotatable bonds is 3. The average molecular weight is 300 g/mol. The third-order valence-corrected chi connectivity index (χ3v) is 4.13. The standard InChI is InChI=1S/C20H25FO/c1-7-14-11-18(20(3,4)5)16(10-13(14)2)17-12-15(22-6)8-9-19(17)21/h8-12H,7H2,1-6H3. The molecule has 0 bridgehead atoms. The minimum absolute atomic E-state index is 0.0531. The fraction of sp³-hybridized carbons (Fsp3) is 0.400. The van der Waals surface area contributed by atoms with Crippen molar-refractivity contribution < 1.29 is 9.13 Å². The van der Waals surface area contributed by atoms with Gasteiger partial charge in [-0.3, -0.25) is 0 Å². The van der Waals surface area contributed by atoms with E-state index in [0.29, 0.717) is 11.3 Å². The summed E-state index contributed by atoms with van der Waals surface area (Å²) >= 11 is 0.